The van der Waals surface area contributed by atoms with E-state index in [1.165, 1.54) is 11.1 Å². The SMILES string of the molecule is Cc1nc(-c2ccc(-c3ccc(C(=O)N4c5cc6c(cc5C[C@H]4C)OCC64CCNCC4)cc3)c(C)c2)no1. The van der Waals surface area contributed by atoms with Crippen molar-refractivity contribution >= 4 is 11.6 Å². The zero-order valence-corrected chi connectivity index (χ0v) is 22.6. The normalized spacial score (nSPS) is 19.2. The third kappa shape index (κ3) is 3.95. The van der Waals surface area contributed by atoms with E-state index in [0.717, 1.165) is 72.6 Å². The first kappa shape index (κ1) is 24.1. The number of fused-ring (bicyclic) bond motifs is 3. The molecule has 4 heterocycles. The molecule has 39 heavy (non-hydrogen) atoms. The largest absolute Gasteiger partial charge is 0.492 e. The van der Waals surface area contributed by atoms with Crippen LogP contribution in [0.25, 0.3) is 22.5 Å². The Hall–Kier alpha value is -3.97. The van der Waals surface area contributed by atoms with E-state index in [1.54, 1.807) is 6.92 Å². The van der Waals surface area contributed by atoms with E-state index < -0.39 is 0 Å². The van der Waals surface area contributed by atoms with Gasteiger partial charge in [0.15, 0.2) is 0 Å². The van der Waals surface area contributed by atoms with Gasteiger partial charge in [-0.25, -0.2) is 0 Å². The van der Waals surface area contributed by atoms with Crippen molar-refractivity contribution in [2.45, 2.75) is 51.5 Å². The lowest BCUT2D eigenvalue weighted by atomic mass is 9.74. The number of carbonyl (C=O) groups is 1. The molecule has 198 valence electrons. The van der Waals surface area contributed by atoms with Gasteiger partial charge in [0.2, 0.25) is 11.7 Å². The number of rotatable bonds is 3. The van der Waals surface area contributed by atoms with E-state index in [2.05, 4.69) is 53.6 Å². The molecule has 0 unspecified atom stereocenters. The molecule has 0 bridgehead atoms. The van der Waals surface area contributed by atoms with Crippen molar-refractivity contribution in [3.63, 3.8) is 0 Å². The van der Waals surface area contributed by atoms with Crippen LogP contribution in [0.4, 0.5) is 5.69 Å². The minimum absolute atomic E-state index is 0.0468. The van der Waals surface area contributed by atoms with Gasteiger partial charge in [-0.3, -0.25) is 4.79 Å². The molecule has 7 heteroatoms. The summed E-state index contributed by atoms with van der Waals surface area (Å²) < 4.78 is 11.3. The maximum atomic E-state index is 13.9. The molecule has 7 nitrogen and oxygen atoms in total. The fourth-order valence-corrected chi connectivity index (χ4v) is 6.58. The summed E-state index contributed by atoms with van der Waals surface area (Å²) in [5.41, 5.74) is 8.49. The van der Waals surface area contributed by atoms with E-state index in [1.807, 2.05) is 35.2 Å². The van der Waals surface area contributed by atoms with Gasteiger partial charge in [0.05, 0.1) is 6.61 Å². The molecule has 1 aromatic heterocycles. The Morgan fingerprint density at radius 3 is 2.51 bits per heavy atom. The Morgan fingerprint density at radius 2 is 1.79 bits per heavy atom. The molecule has 1 fully saturated rings. The molecular formula is C32H32N4O3. The lowest BCUT2D eigenvalue weighted by Crippen LogP contribution is -2.41. The van der Waals surface area contributed by atoms with Gasteiger partial charge in [0, 0.05) is 40.8 Å². The molecule has 4 aromatic rings. The second kappa shape index (κ2) is 9.06. The van der Waals surface area contributed by atoms with Gasteiger partial charge in [-0.1, -0.05) is 29.4 Å². The van der Waals surface area contributed by atoms with Crippen LogP contribution in [0.1, 0.15) is 52.7 Å². The van der Waals surface area contributed by atoms with Crippen LogP contribution in [0.3, 0.4) is 0 Å². The van der Waals surface area contributed by atoms with Crippen molar-refractivity contribution in [3.05, 3.63) is 82.7 Å². The third-order valence-corrected chi connectivity index (χ3v) is 8.71. The molecule has 0 aliphatic carbocycles. The second-order valence-corrected chi connectivity index (χ2v) is 11.3. The highest BCUT2D eigenvalue weighted by molar-refractivity contribution is 6.08. The number of aryl methyl sites for hydroxylation is 2. The van der Waals surface area contributed by atoms with E-state index in [9.17, 15) is 4.79 Å². The third-order valence-electron chi connectivity index (χ3n) is 8.71. The lowest BCUT2D eigenvalue weighted by Gasteiger charge is -2.33. The number of hydrogen-bond donors (Lipinski definition) is 1. The van der Waals surface area contributed by atoms with Crippen LogP contribution in [-0.2, 0) is 11.8 Å². The van der Waals surface area contributed by atoms with Gasteiger partial charge in [0.25, 0.3) is 5.91 Å². The quantitative estimate of drug-likeness (QED) is 0.377. The molecule has 1 amide bonds. The Bertz CT molecular complexity index is 1580. The van der Waals surface area contributed by atoms with Crippen molar-refractivity contribution < 1.29 is 14.1 Å². The van der Waals surface area contributed by atoms with Gasteiger partial charge >= 0.3 is 0 Å². The average Bonchev–Trinajstić information content (AvgIpc) is 3.62. The zero-order valence-electron chi connectivity index (χ0n) is 22.6. The summed E-state index contributed by atoms with van der Waals surface area (Å²) in [5.74, 6) is 2.19. The summed E-state index contributed by atoms with van der Waals surface area (Å²) in [6, 6.07) is 18.7. The first-order chi connectivity index (χ1) is 18.9. The highest BCUT2D eigenvalue weighted by Crippen LogP contribution is 2.49. The highest BCUT2D eigenvalue weighted by atomic mass is 16.5. The topological polar surface area (TPSA) is 80.5 Å². The fourth-order valence-electron chi connectivity index (χ4n) is 6.58. The van der Waals surface area contributed by atoms with Crippen molar-refractivity contribution in [1.29, 1.82) is 0 Å². The van der Waals surface area contributed by atoms with E-state index >= 15 is 0 Å². The van der Waals surface area contributed by atoms with Crippen LogP contribution in [0.5, 0.6) is 5.75 Å². The van der Waals surface area contributed by atoms with E-state index in [0.29, 0.717) is 17.3 Å². The Morgan fingerprint density at radius 1 is 1.03 bits per heavy atom. The molecule has 7 rings (SSSR count). The van der Waals surface area contributed by atoms with E-state index in [4.69, 9.17) is 9.26 Å². The first-order valence-electron chi connectivity index (χ1n) is 13.8. The Balaban J connectivity index is 1.16. The smallest absolute Gasteiger partial charge is 0.258 e. The van der Waals surface area contributed by atoms with Gasteiger partial charge in [-0.15, -0.1) is 0 Å². The van der Waals surface area contributed by atoms with Crippen molar-refractivity contribution in [3.8, 4) is 28.3 Å². The van der Waals surface area contributed by atoms with Crippen LogP contribution < -0.4 is 15.0 Å². The molecule has 1 N–H and O–H groups in total. The summed E-state index contributed by atoms with van der Waals surface area (Å²) in [5, 5.41) is 7.50. The number of nitrogens with one attached hydrogen (secondary N) is 1. The summed E-state index contributed by atoms with van der Waals surface area (Å²) in [7, 11) is 0. The maximum absolute atomic E-state index is 13.9. The van der Waals surface area contributed by atoms with Crippen molar-refractivity contribution in [2.24, 2.45) is 0 Å². The predicted molar refractivity (Wildman–Crippen MR) is 150 cm³/mol. The highest BCUT2D eigenvalue weighted by Gasteiger charge is 2.44. The minimum Gasteiger partial charge on any atom is -0.492 e. The maximum Gasteiger partial charge on any atom is 0.258 e. The van der Waals surface area contributed by atoms with Crippen molar-refractivity contribution in [1.82, 2.24) is 15.5 Å². The molecule has 0 radical (unpaired) electrons. The fraction of sp³-hybridized carbons (Fsp3) is 0.344. The second-order valence-electron chi connectivity index (χ2n) is 11.3. The number of amides is 1. The standard InChI is InChI=1S/C32H32N4O3/c1-19-14-24(30-34-21(3)39-35-30)8-9-26(19)22-4-6-23(7-5-22)31(37)36-20(2)15-25-16-29-27(17-28(25)36)32(18-38-29)10-12-33-13-11-32/h4-9,14,16-17,20,33H,10-13,15,18H2,1-3H3/t20-/m1/s1. The molecule has 1 saturated heterocycles. The molecular weight excluding hydrogens is 488 g/mol. The Labute approximate surface area is 228 Å². The van der Waals surface area contributed by atoms with Crippen LogP contribution >= 0.6 is 0 Å². The monoisotopic (exact) mass is 520 g/mol. The van der Waals surface area contributed by atoms with Gasteiger partial charge < -0.3 is 19.5 Å². The number of piperidine rings is 1. The molecule has 3 aliphatic rings. The Kier molecular flexibility index (Phi) is 5.60. The number of nitrogens with zero attached hydrogens (tertiary/aromatic N) is 3. The molecule has 1 atom stereocenters. The number of carbonyl (C=O) groups excluding carboxylic acids is 1. The number of hydrogen-bond acceptors (Lipinski definition) is 6. The summed E-state index contributed by atoms with van der Waals surface area (Å²) in [6.07, 6.45) is 2.98. The molecule has 0 saturated carbocycles. The van der Waals surface area contributed by atoms with Gasteiger partial charge in [-0.2, -0.15) is 4.98 Å². The zero-order chi connectivity index (χ0) is 26.7. The van der Waals surface area contributed by atoms with Gasteiger partial charge in [-0.05, 0) is 98.8 Å². The number of benzene rings is 3. The predicted octanol–water partition coefficient (Wildman–Crippen LogP) is 5.63. The first-order valence-corrected chi connectivity index (χ1v) is 13.8. The average molecular weight is 521 g/mol. The van der Waals surface area contributed by atoms with Crippen LogP contribution in [-0.4, -0.2) is 41.8 Å². The summed E-state index contributed by atoms with van der Waals surface area (Å²) in [4.78, 5) is 20.2. The number of ether oxygens (including phenoxy) is 1. The molecule has 3 aliphatic heterocycles. The van der Waals surface area contributed by atoms with Crippen LogP contribution in [0, 0.1) is 13.8 Å². The van der Waals surface area contributed by atoms with Gasteiger partial charge in [0.1, 0.15) is 5.75 Å². The molecule has 1 spiro atoms. The van der Waals surface area contributed by atoms with Crippen molar-refractivity contribution in [2.75, 3.05) is 24.6 Å². The summed E-state index contributed by atoms with van der Waals surface area (Å²) >= 11 is 0. The lowest BCUT2D eigenvalue weighted by molar-refractivity contribution is 0.0981. The van der Waals surface area contributed by atoms with Crippen LogP contribution in [0.2, 0.25) is 0 Å². The number of anilines is 1. The van der Waals surface area contributed by atoms with Crippen LogP contribution in [0.15, 0.2) is 59.1 Å². The summed E-state index contributed by atoms with van der Waals surface area (Å²) in [6.45, 7) is 8.75. The number of aromatic nitrogens is 2. The minimum atomic E-state index is 0.0468. The van der Waals surface area contributed by atoms with E-state index in [-0.39, 0.29) is 17.4 Å². The molecule has 3 aromatic carbocycles.